The average molecular weight is 321 g/mol. The molecule has 2 aromatic carbocycles. The number of carbonyl (C=O) groups excluding carboxylic acids is 1. The first-order chi connectivity index (χ1) is 11.5. The van der Waals surface area contributed by atoms with Crippen LogP contribution in [0.3, 0.4) is 0 Å². The zero-order chi connectivity index (χ0) is 17.1. The number of carbonyl (C=O) groups is 1. The Morgan fingerprint density at radius 2 is 1.62 bits per heavy atom. The van der Waals surface area contributed by atoms with E-state index in [9.17, 15) is 4.79 Å². The maximum absolute atomic E-state index is 11.1. The first-order valence-electron chi connectivity index (χ1n) is 7.62. The van der Waals surface area contributed by atoms with E-state index in [1.165, 1.54) is 6.92 Å². The smallest absolute Gasteiger partial charge is 0.229 e. The van der Waals surface area contributed by atoms with Crippen LogP contribution in [0.4, 0.5) is 23.1 Å². The minimum Gasteiger partial charge on any atom is -0.362 e. The van der Waals surface area contributed by atoms with E-state index >= 15 is 0 Å². The van der Waals surface area contributed by atoms with Gasteiger partial charge in [-0.3, -0.25) is 4.79 Å². The predicted molar refractivity (Wildman–Crippen MR) is 97.9 cm³/mol. The summed E-state index contributed by atoms with van der Waals surface area (Å²) in [5.41, 5.74) is 2.49. The van der Waals surface area contributed by atoms with E-state index in [4.69, 9.17) is 0 Å². The van der Waals surface area contributed by atoms with Gasteiger partial charge in [-0.1, -0.05) is 12.1 Å². The normalized spacial score (nSPS) is 10.5. The lowest BCUT2D eigenvalue weighted by Crippen LogP contribution is -2.13. The van der Waals surface area contributed by atoms with Gasteiger partial charge in [0.2, 0.25) is 11.9 Å². The zero-order valence-corrected chi connectivity index (χ0v) is 13.9. The number of nitrogens with one attached hydrogen (secondary N) is 2. The predicted octanol–water partition coefficient (Wildman–Crippen LogP) is 3.40. The molecule has 24 heavy (non-hydrogen) atoms. The van der Waals surface area contributed by atoms with Crippen LogP contribution in [0.2, 0.25) is 0 Å². The fourth-order valence-corrected chi connectivity index (χ4v) is 2.43. The molecule has 0 aliphatic carbocycles. The number of hydrogen-bond acceptors (Lipinski definition) is 5. The Hall–Kier alpha value is -3.15. The van der Waals surface area contributed by atoms with Crippen LogP contribution < -0.4 is 15.5 Å². The number of benzene rings is 2. The molecule has 0 spiro atoms. The van der Waals surface area contributed by atoms with Crippen molar-refractivity contribution in [3.05, 3.63) is 48.5 Å². The molecule has 1 aromatic heterocycles. The SMILES string of the molecule is CC(=O)Nc1ccc(Nc2nc(N(C)C)c3ccccc3n2)cc1. The quantitative estimate of drug-likeness (QED) is 0.771. The Morgan fingerprint density at radius 1 is 0.958 bits per heavy atom. The lowest BCUT2D eigenvalue weighted by Gasteiger charge is -2.16. The maximum atomic E-state index is 11.1. The van der Waals surface area contributed by atoms with Crippen molar-refractivity contribution in [2.45, 2.75) is 6.92 Å². The highest BCUT2D eigenvalue weighted by atomic mass is 16.1. The van der Waals surface area contributed by atoms with Crippen molar-refractivity contribution in [2.24, 2.45) is 0 Å². The maximum Gasteiger partial charge on any atom is 0.229 e. The molecule has 122 valence electrons. The second-order valence-corrected chi connectivity index (χ2v) is 5.67. The van der Waals surface area contributed by atoms with Crippen LogP contribution in [0.25, 0.3) is 10.9 Å². The third kappa shape index (κ3) is 3.43. The van der Waals surface area contributed by atoms with Crippen LogP contribution in [0.5, 0.6) is 0 Å². The molecule has 6 nitrogen and oxygen atoms in total. The highest BCUT2D eigenvalue weighted by molar-refractivity contribution is 5.91. The van der Waals surface area contributed by atoms with Gasteiger partial charge >= 0.3 is 0 Å². The summed E-state index contributed by atoms with van der Waals surface area (Å²) in [6, 6.07) is 15.3. The Balaban J connectivity index is 1.91. The Kier molecular flexibility index (Phi) is 4.29. The third-order valence-corrected chi connectivity index (χ3v) is 3.47. The average Bonchev–Trinajstić information content (AvgIpc) is 2.55. The topological polar surface area (TPSA) is 70.2 Å². The van der Waals surface area contributed by atoms with E-state index in [2.05, 4.69) is 20.6 Å². The lowest BCUT2D eigenvalue weighted by atomic mass is 10.2. The zero-order valence-electron chi connectivity index (χ0n) is 13.9. The van der Waals surface area contributed by atoms with E-state index in [-0.39, 0.29) is 5.91 Å². The fraction of sp³-hybridized carbons (Fsp3) is 0.167. The number of fused-ring (bicyclic) bond motifs is 1. The first kappa shape index (κ1) is 15.7. The van der Waals surface area contributed by atoms with E-state index < -0.39 is 0 Å². The number of amides is 1. The van der Waals surface area contributed by atoms with Gasteiger partial charge in [-0.2, -0.15) is 4.98 Å². The minimum absolute atomic E-state index is 0.0933. The van der Waals surface area contributed by atoms with Crippen molar-refractivity contribution in [3.63, 3.8) is 0 Å². The number of aromatic nitrogens is 2. The van der Waals surface area contributed by atoms with Crippen molar-refractivity contribution in [1.82, 2.24) is 9.97 Å². The minimum atomic E-state index is -0.0933. The highest BCUT2D eigenvalue weighted by Crippen LogP contribution is 2.25. The molecule has 0 aliphatic rings. The standard InChI is InChI=1S/C18H19N5O/c1-12(24)19-13-8-10-14(11-9-13)20-18-21-16-7-5-4-6-15(16)17(22-18)23(2)3/h4-11H,1-3H3,(H,19,24)(H,20,21,22). The van der Waals surface area contributed by atoms with Gasteiger partial charge < -0.3 is 15.5 Å². The summed E-state index contributed by atoms with van der Waals surface area (Å²) in [5, 5.41) is 6.96. The fourth-order valence-electron chi connectivity index (χ4n) is 2.43. The van der Waals surface area contributed by atoms with Gasteiger partial charge in [0.15, 0.2) is 0 Å². The van der Waals surface area contributed by atoms with Crippen molar-refractivity contribution in [2.75, 3.05) is 29.6 Å². The van der Waals surface area contributed by atoms with Crippen LogP contribution in [0.15, 0.2) is 48.5 Å². The summed E-state index contributed by atoms with van der Waals surface area (Å²) >= 11 is 0. The van der Waals surface area contributed by atoms with Crippen molar-refractivity contribution in [3.8, 4) is 0 Å². The van der Waals surface area contributed by atoms with Gasteiger partial charge in [0, 0.05) is 37.8 Å². The summed E-state index contributed by atoms with van der Waals surface area (Å²) in [4.78, 5) is 22.2. The van der Waals surface area contributed by atoms with Gasteiger partial charge in [0.05, 0.1) is 5.52 Å². The molecule has 0 unspecified atom stereocenters. The molecule has 2 N–H and O–H groups in total. The van der Waals surface area contributed by atoms with Crippen molar-refractivity contribution < 1.29 is 4.79 Å². The van der Waals surface area contributed by atoms with Crippen LogP contribution >= 0.6 is 0 Å². The molecule has 1 amide bonds. The Labute approximate surface area is 140 Å². The van der Waals surface area contributed by atoms with E-state index in [0.29, 0.717) is 5.95 Å². The highest BCUT2D eigenvalue weighted by Gasteiger charge is 2.09. The van der Waals surface area contributed by atoms with Crippen LogP contribution in [-0.2, 0) is 4.79 Å². The van der Waals surface area contributed by atoms with Gasteiger partial charge in [-0.15, -0.1) is 0 Å². The van der Waals surface area contributed by atoms with Gasteiger partial charge in [0.25, 0.3) is 0 Å². The molecule has 0 aliphatic heterocycles. The van der Waals surface area contributed by atoms with Gasteiger partial charge in [-0.05, 0) is 36.4 Å². The third-order valence-electron chi connectivity index (χ3n) is 3.47. The molecule has 0 fully saturated rings. The summed E-state index contributed by atoms with van der Waals surface area (Å²) in [7, 11) is 3.92. The molecule has 0 saturated heterocycles. The molecule has 3 rings (SSSR count). The number of anilines is 4. The van der Waals surface area contributed by atoms with Crippen LogP contribution in [-0.4, -0.2) is 30.0 Å². The van der Waals surface area contributed by atoms with Crippen LogP contribution in [0.1, 0.15) is 6.92 Å². The molecule has 3 aromatic rings. The van der Waals surface area contributed by atoms with Crippen LogP contribution in [0, 0.1) is 0 Å². The van der Waals surface area contributed by atoms with Crippen molar-refractivity contribution in [1.29, 1.82) is 0 Å². The monoisotopic (exact) mass is 321 g/mol. The summed E-state index contributed by atoms with van der Waals surface area (Å²) in [6.07, 6.45) is 0. The van der Waals surface area contributed by atoms with E-state index in [1.807, 2.05) is 67.5 Å². The number of nitrogens with zero attached hydrogens (tertiary/aromatic N) is 3. The second-order valence-electron chi connectivity index (χ2n) is 5.67. The Morgan fingerprint density at radius 3 is 2.29 bits per heavy atom. The second kappa shape index (κ2) is 6.54. The Bertz CT molecular complexity index is 874. The van der Waals surface area contributed by atoms with Gasteiger partial charge in [0.1, 0.15) is 5.82 Å². The molecule has 0 atom stereocenters. The molecule has 0 radical (unpaired) electrons. The molecule has 1 heterocycles. The molecular formula is C18H19N5O. The molecule has 6 heteroatoms. The summed E-state index contributed by atoms with van der Waals surface area (Å²) in [6.45, 7) is 1.48. The molecule has 0 bridgehead atoms. The first-order valence-corrected chi connectivity index (χ1v) is 7.62. The number of hydrogen-bond donors (Lipinski definition) is 2. The number of rotatable bonds is 4. The van der Waals surface area contributed by atoms with E-state index in [1.54, 1.807) is 0 Å². The largest absolute Gasteiger partial charge is 0.362 e. The molecule has 0 saturated carbocycles. The summed E-state index contributed by atoms with van der Waals surface area (Å²) in [5.74, 6) is 1.30. The number of para-hydroxylation sites is 1. The van der Waals surface area contributed by atoms with Crippen molar-refractivity contribution >= 4 is 40.0 Å². The van der Waals surface area contributed by atoms with E-state index in [0.717, 1.165) is 28.1 Å². The lowest BCUT2D eigenvalue weighted by molar-refractivity contribution is -0.114. The summed E-state index contributed by atoms with van der Waals surface area (Å²) < 4.78 is 0. The van der Waals surface area contributed by atoms with Gasteiger partial charge in [-0.25, -0.2) is 4.98 Å². The molecular weight excluding hydrogens is 302 g/mol.